The van der Waals surface area contributed by atoms with Crippen molar-refractivity contribution in [2.75, 3.05) is 25.1 Å². The highest BCUT2D eigenvalue weighted by molar-refractivity contribution is 5.67. The quantitative estimate of drug-likeness (QED) is 0.665. The van der Waals surface area contributed by atoms with Gasteiger partial charge < -0.3 is 9.64 Å². The standard InChI is InChI=1S/C22H20F2N2O/c1-26(14-22-19-5-3-2-4-15(19)8-9-27-22)18-10-17(12-25-13-18)16-6-7-20(23)21(24)11-16/h2-7,10-13,22H,8-9,14H2,1H3. The number of halogens is 2. The van der Waals surface area contributed by atoms with Crippen molar-refractivity contribution in [2.24, 2.45) is 0 Å². The first-order chi connectivity index (χ1) is 13.1. The van der Waals surface area contributed by atoms with Gasteiger partial charge in [0, 0.05) is 25.4 Å². The number of hydrogen-bond donors (Lipinski definition) is 0. The van der Waals surface area contributed by atoms with Gasteiger partial charge in [0.05, 0.1) is 18.5 Å². The Morgan fingerprint density at radius 3 is 2.74 bits per heavy atom. The zero-order chi connectivity index (χ0) is 18.8. The number of likely N-dealkylation sites (N-methyl/N-ethyl adjacent to an activating group) is 1. The molecule has 0 saturated heterocycles. The fourth-order valence-corrected chi connectivity index (χ4v) is 3.45. The minimum atomic E-state index is -0.863. The van der Waals surface area contributed by atoms with Crippen LogP contribution in [0.1, 0.15) is 17.2 Å². The number of ether oxygens (including phenoxy) is 1. The fraction of sp³-hybridized carbons (Fsp3) is 0.227. The summed E-state index contributed by atoms with van der Waals surface area (Å²) in [6.45, 7) is 1.39. The van der Waals surface area contributed by atoms with Gasteiger partial charge in [0.2, 0.25) is 0 Å². The Morgan fingerprint density at radius 1 is 1.04 bits per heavy atom. The molecule has 3 aromatic rings. The Bertz CT molecular complexity index is 961. The minimum absolute atomic E-state index is 0.00753. The third-order valence-electron chi connectivity index (χ3n) is 4.95. The van der Waals surface area contributed by atoms with Gasteiger partial charge in [-0.05, 0) is 41.3 Å². The van der Waals surface area contributed by atoms with Crippen LogP contribution in [0.2, 0.25) is 0 Å². The second-order valence-electron chi connectivity index (χ2n) is 6.75. The molecule has 4 rings (SSSR count). The molecule has 0 spiro atoms. The maximum Gasteiger partial charge on any atom is 0.159 e. The van der Waals surface area contributed by atoms with Crippen LogP contribution < -0.4 is 4.90 Å². The van der Waals surface area contributed by atoms with Crippen LogP contribution in [-0.2, 0) is 11.2 Å². The predicted octanol–water partition coefficient (Wildman–Crippen LogP) is 4.78. The van der Waals surface area contributed by atoms with E-state index in [9.17, 15) is 8.78 Å². The Balaban J connectivity index is 1.56. The van der Waals surface area contributed by atoms with Crippen LogP contribution in [0, 0.1) is 11.6 Å². The maximum atomic E-state index is 13.6. The van der Waals surface area contributed by atoms with Crippen LogP contribution in [0.3, 0.4) is 0 Å². The van der Waals surface area contributed by atoms with Gasteiger partial charge >= 0.3 is 0 Å². The van der Waals surface area contributed by atoms with E-state index in [2.05, 4.69) is 28.1 Å². The molecule has 1 aliphatic rings. The van der Waals surface area contributed by atoms with Crippen LogP contribution in [0.25, 0.3) is 11.1 Å². The van der Waals surface area contributed by atoms with Gasteiger partial charge in [-0.3, -0.25) is 4.98 Å². The molecule has 0 fully saturated rings. The molecule has 138 valence electrons. The smallest absolute Gasteiger partial charge is 0.159 e. The molecule has 0 aliphatic carbocycles. The zero-order valence-corrected chi connectivity index (χ0v) is 15.0. The summed E-state index contributed by atoms with van der Waals surface area (Å²) in [4.78, 5) is 6.35. The van der Waals surface area contributed by atoms with Crippen molar-refractivity contribution in [1.82, 2.24) is 4.98 Å². The summed E-state index contributed by atoms with van der Waals surface area (Å²) in [6, 6.07) is 14.2. The van der Waals surface area contributed by atoms with Crippen LogP contribution >= 0.6 is 0 Å². The average molecular weight is 366 g/mol. The van der Waals surface area contributed by atoms with E-state index >= 15 is 0 Å². The fourth-order valence-electron chi connectivity index (χ4n) is 3.45. The van der Waals surface area contributed by atoms with Crippen LogP contribution in [0.5, 0.6) is 0 Å². The van der Waals surface area contributed by atoms with Gasteiger partial charge in [-0.2, -0.15) is 0 Å². The van der Waals surface area contributed by atoms with E-state index in [-0.39, 0.29) is 6.10 Å². The molecule has 0 N–H and O–H groups in total. The van der Waals surface area contributed by atoms with E-state index in [1.54, 1.807) is 18.5 Å². The number of anilines is 1. The molecule has 0 bridgehead atoms. The number of rotatable bonds is 4. The zero-order valence-electron chi connectivity index (χ0n) is 15.0. The van der Waals surface area contributed by atoms with Gasteiger partial charge in [0.25, 0.3) is 0 Å². The molecule has 1 aliphatic heterocycles. The van der Waals surface area contributed by atoms with Gasteiger partial charge in [0.15, 0.2) is 11.6 Å². The maximum absolute atomic E-state index is 13.6. The highest BCUT2D eigenvalue weighted by Gasteiger charge is 2.22. The molecule has 5 heteroatoms. The summed E-state index contributed by atoms with van der Waals surface area (Å²) < 4.78 is 32.7. The van der Waals surface area contributed by atoms with Crippen molar-refractivity contribution in [3.05, 3.63) is 83.7 Å². The molecule has 1 aromatic heterocycles. The lowest BCUT2D eigenvalue weighted by molar-refractivity contribution is 0.0478. The largest absolute Gasteiger partial charge is 0.371 e. The number of benzene rings is 2. The minimum Gasteiger partial charge on any atom is -0.371 e. The van der Waals surface area contributed by atoms with Gasteiger partial charge in [-0.1, -0.05) is 30.3 Å². The molecule has 1 atom stereocenters. The lowest BCUT2D eigenvalue weighted by Gasteiger charge is -2.30. The number of hydrogen-bond acceptors (Lipinski definition) is 3. The summed E-state index contributed by atoms with van der Waals surface area (Å²) in [5.74, 6) is -1.72. The number of aromatic nitrogens is 1. The third kappa shape index (κ3) is 3.69. The monoisotopic (exact) mass is 366 g/mol. The number of pyridine rings is 1. The van der Waals surface area contributed by atoms with Gasteiger partial charge in [-0.15, -0.1) is 0 Å². The van der Waals surface area contributed by atoms with Crippen molar-refractivity contribution in [3.8, 4) is 11.1 Å². The molecule has 0 saturated carbocycles. The Labute approximate surface area is 157 Å². The van der Waals surface area contributed by atoms with Gasteiger partial charge in [0.1, 0.15) is 6.10 Å². The lowest BCUT2D eigenvalue weighted by atomic mass is 9.97. The summed E-state index contributed by atoms with van der Waals surface area (Å²) in [5, 5.41) is 0. The van der Waals surface area contributed by atoms with Crippen molar-refractivity contribution < 1.29 is 13.5 Å². The molecule has 0 amide bonds. The summed E-state index contributed by atoms with van der Waals surface area (Å²) in [7, 11) is 1.98. The highest BCUT2D eigenvalue weighted by Crippen LogP contribution is 2.30. The number of fused-ring (bicyclic) bond motifs is 1. The van der Waals surface area contributed by atoms with Crippen LogP contribution in [-0.4, -0.2) is 25.2 Å². The van der Waals surface area contributed by atoms with E-state index in [4.69, 9.17) is 4.74 Å². The predicted molar refractivity (Wildman–Crippen MR) is 102 cm³/mol. The van der Waals surface area contributed by atoms with Crippen molar-refractivity contribution in [1.29, 1.82) is 0 Å². The SMILES string of the molecule is CN(CC1OCCc2ccccc21)c1cncc(-c2ccc(F)c(F)c2)c1. The topological polar surface area (TPSA) is 25.4 Å². The first-order valence-electron chi connectivity index (χ1n) is 8.93. The van der Waals surface area contributed by atoms with Crippen molar-refractivity contribution in [3.63, 3.8) is 0 Å². The molecule has 1 unspecified atom stereocenters. The van der Waals surface area contributed by atoms with Crippen LogP contribution in [0.4, 0.5) is 14.5 Å². The normalized spacial score (nSPS) is 16.0. The van der Waals surface area contributed by atoms with E-state index in [1.807, 2.05) is 19.2 Å². The first kappa shape index (κ1) is 17.6. The average Bonchev–Trinajstić information content (AvgIpc) is 2.70. The van der Waals surface area contributed by atoms with E-state index in [1.165, 1.54) is 17.2 Å². The van der Waals surface area contributed by atoms with Crippen LogP contribution in [0.15, 0.2) is 60.9 Å². The molecule has 2 heterocycles. The third-order valence-corrected chi connectivity index (χ3v) is 4.95. The highest BCUT2D eigenvalue weighted by atomic mass is 19.2. The second-order valence-corrected chi connectivity index (χ2v) is 6.75. The molecular formula is C22H20F2N2O. The summed E-state index contributed by atoms with van der Waals surface area (Å²) in [6.07, 6.45) is 4.34. The molecule has 27 heavy (non-hydrogen) atoms. The van der Waals surface area contributed by atoms with Crippen molar-refractivity contribution >= 4 is 5.69 Å². The first-order valence-corrected chi connectivity index (χ1v) is 8.93. The lowest BCUT2D eigenvalue weighted by Crippen LogP contribution is -2.29. The second kappa shape index (κ2) is 7.45. The van der Waals surface area contributed by atoms with E-state index < -0.39 is 11.6 Å². The summed E-state index contributed by atoms with van der Waals surface area (Å²) in [5.41, 5.74) is 4.78. The Morgan fingerprint density at radius 2 is 1.89 bits per heavy atom. The summed E-state index contributed by atoms with van der Waals surface area (Å²) >= 11 is 0. The molecule has 2 aromatic carbocycles. The number of nitrogens with zero attached hydrogens (tertiary/aromatic N) is 2. The molecule has 3 nitrogen and oxygen atoms in total. The molecular weight excluding hydrogens is 346 g/mol. The molecule has 0 radical (unpaired) electrons. The van der Waals surface area contributed by atoms with Crippen molar-refractivity contribution in [2.45, 2.75) is 12.5 Å². The van der Waals surface area contributed by atoms with E-state index in [0.29, 0.717) is 18.7 Å². The Kier molecular flexibility index (Phi) is 4.86. The van der Waals surface area contributed by atoms with E-state index in [0.717, 1.165) is 23.7 Å². The Hall–Kier alpha value is -2.79. The van der Waals surface area contributed by atoms with Gasteiger partial charge in [-0.25, -0.2) is 8.78 Å².